The maximum atomic E-state index is 14.5. The summed E-state index contributed by atoms with van der Waals surface area (Å²) in [5, 5.41) is 28.0. The van der Waals surface area contributed by atoms with Gasteiger partial charge in [-0.25, -0.2) is 0 Å². The van der Waals surface area contributed by atoms with Gasteiger partial charge in [-0.05, 0) is 49.3 Å². The highest BCUT2D eigenvalue weighted by Gasteiger charge is 2.40. The lowest BCUT2D eigenvalue weighted by Crippen LogP contribution is -2.61. The topological polar surface area (TPSA) is 374 Å². The zero-order chi connectivity index (χ0) is 51.9. The lowest BCUT2D eigenvalue weighted by Gasteiger charge is -2.31. The number of unbranched alkanes of at least 4 members (excludes halogenated alkanes) is 3. The van der Waals surface area contributed by atoms with E-state index >= 15 is 0 Å². The summed E-state index contributed by atoms with van der Waals surface area (Å²) in [7, 11) is 2.25. The van der Waals surface area contributed by atoms with Crippen molar-refractivity contribution in [2.45, 2.75) is 147 Å². The summed E-state index contributed by atoms with van der Waals surface area (Å²) >= 11 is 0. The fourth-order valence-corrected chi connectivity index (χ4v) is 9.81. The van der Waals surface area contributed by atoms with Gasteiger partial charge in [-0.15, -0.1) is 0 Å². The third kappa shape index (κ3) is 19.7. The minimum absolute atomic E-state index is 0.0242. The SMILES string of the molecule is CCCCCCC(NC(=O)[C@@H]1CCCN1C(=O)[C@@H]1CSSCCC(=O)N[C@@H](Cc2ccc(O)cc2)C(=O)N[C@@H]([C@@H](C)CC)C(=O)N[C@@H](CCC(N)=O)C(=O)N[C@@H](CC(N)=O)C(=O)N1)C(=O)NCC(N)=O. The predicted molar refractivity (Wildman–Crippen MR) is 260 cm³/mol. The molecule has 23 nitrogen and oxygen atoms in total. The third-order valence-electron chi connectivity index (χ3n) is 11.8. The van der Waals surface area contributed by atoms with Gasteiger partial charge in [-0.3, -0.25) is 52.7 Å². The van der Waals surface area contributed by atoms with Crippen LogP contribution in [-0.4, -0.2) is 142 Å². The van der Waals surface area contributed by atoms with Crippen LogP contribution in [0.25, 0.3) is 0 Å². The molecule has 2 heterocycles. The van der Waals surface area contributed by atoms with Crippen LogP contribution in [0.3, 0.4) is 0 Å². The Morgan fingerprint density at radius 1 is 0.800 bits per heavy atom. The number of carbonyl (C=O) groups is 11. The Labute approximate surface area is 414 Å². The summed E-state index contributed by atoms with van der Waals surface area (Å²) in [6, 6.07) is -3.38. The van der Waals surface area contributed by atoms with Crippen LogP contribution in [-0.2, 0) is 59.2 Å². The molecule has 25 heteroatoms. The van der Waals surface area contributed by atoms with Gasteiger partial charge in [0.05, 0.1) is 13.0 Å². The van der Waals surface area contributed by atoms with E-state index in [-0.39, 0.29) is 55.9 Å². The molecular formula is C45H69N11O12S2. The van der Waals surface area contributed by atoms with Crippen molar-refractivity contribution in [2.24, 2.45) is 23.1 Å². The van der Waals surface area contributed by atoms with E-state index in [9.17, 15) is 57.8 Å². The molecule has 0 aromatic heterocycles. The van der Waals surface area contributed by atoms with Gasteiger partial charge < -0.3 is 64.4 Å². The first kappa shape index (κ1) is 58.2. The molecule has 0 saturated carbocycles. The summed E-state index contributed by atoms with van der Waals surface area (Å²) < 4.78 is 0. The number of phenols is 1. The molecule has 0 aliphatic carbocycles. The van der Waals surface area contributed by atoms with Crippen LogP contribution < -0.4 is 54.4 Å². The van der Waals surface area contributed by atoms with Crippen LogP contribution in [0.5, 0.6) is 5.75 Å². The van der Waals surface area contributed by atoms with Crippen LogP contribution in [0.2, 0.25) is 0 Å². The van der Waals surface area contributed by atoms with E-state index in [4.69, 9.17) is 17.2 Å². The Morgan fingerprint density at radius 2 is 1.47 bits per heavy atom. The summed E-state index contributed by atoms with van der Waals surface area (Å²) in [5.41, 5.74) is 16.7. The number of carbonyl (C=O) groups excluding carboxylic acids is 11. The van der Waals surface area contributed by atoms with E-state index in [0.717, 1.165) is 40.9 Å². The van der Waals surface area contributed by atoms with Gasteiger partial charge in [0.25, 0.3) is 0 Å². The van der Waals surface area contributed by atoms with Crippen LogP contribution in [0.15, 0.2) is 24.3 Å². The normalized spacial score (nSPS) is 23.0. The number of likely N-dealkylation sites (tertiary alicyclic amines) is 1. The van der Waals surface area contributed by atoms with E-state index in [0.29, 0.717) is 24.8 Å². The lowest BCUT2D eigenvalue weighted by atomic mass is 9.96. The standard InChI is InChI=1S/C45H69N11O12S2/c1-4-6-7-8-10-28(39(62)49-23-36(48)60)51-43(66)33-11-9-19-56(33)45(68)32-24-70-69-20-18-37(61)50-30(21-26-12-14-27(57)15-13-26)42(65)55-38(25(3)5-2)44(67)52-29(16-17-34(46)58)40(63)53-31(22-35(47)59)41(64)54-32/h12-15,25,28-33,38,57H,4-11,16-24H2,1-3H3,(H2,46,58)(H2,47,59)(H2,48,60)(H,49,62)(H,50,61)(H,51,66)(H,52,67)(H,53,63)(H,54,64)(H,55,65)/t25-,28?,29-,30-,31-,32-,33-,38-/m0/s1. The minimum atomic E-state index is -1.73. The predicted octanol–water partition coefficient (Wildman–Crippen LogP) is -1.62. The van der Waals surface area contributed by atoms with E-state index in [1.165, 1.54) is 17.0 Å². The third-order valence-corrected chi connectivity index (χ3v) is 14.2. The summed E-state index contributed by atoms with van der Waals surface area (Å²) in [6.45, 7) is 5.07. The number of aromatic hydroxyl groups is 1. The molecule has 388 valence electrons. The summed E-state index contributed by atoms with van der Waals surface area (Å²) in [5.74, 6) is -9.42. The molecule has 0 bridgehead atoms. The van der Waals surface area contributed by atoms with E-state index in [2.05, 4.69) is 37.2 Å². The first-order valence-electron chi connectivity index (χ1n) is 23.5. The maximum absolute atomic E-state index is 14.5. The number of hydrogen-bond donors (Lipinski definition) is 11. The zero-order valence-electron chi connectivity index (χ0n) is 39.9. The number of hydrogen-bond acceptors (Lipinski definition) is 14. The average Bonchev–Trinajstić information content (AvgIpc) is 3.81. The Morgan fingerprint density at radius 3 is 2.11 bits per heavy atom. The second-order valence-electron chi connectivity index (χ2n) is 17.4. The number of nitrogens with two attached hydrogens (primary N) is 3. The minimum Gasteiger partial charge on any atom is -0.508 e. The summed E-state index contributed by atoms with van der Waals surface area (Å²) in [4.78, 5) is 148. The molecule has 1 aromatic carbocycles. The second-order valence-corrected chi connectivity index (χ2v) is 20.0. The fourth-order valence-electron chi connectivity index (χ4n) is 7.67. The van der Waals surface area contributed by atoms with Crippen molar-refractivity contribution >= 4 is 86.6 Å². The van der Waals surface area contributed by atoms with E-state index < -0.39 is 133 Å². The van der Waals surface area contributed by atoms with E-state index in [1.54, 1.807) is 26.0 Å². The first-order chi connectivity index (χ1) is 33.2. The quantitative estimate of drug-likeness (QED) is 0.0517. The first-order valence-corrected chi connectivity index (χ1v) is 26.0. The molecule has 0 radical (unpaired) electrons. The molecule has 70 heavy (non-hydrogen) atoms. The van der Waals surface area contributed by atoms with Crippen molar-refractivity contribution in [1.82, 2.24) is 42.1 Å². The molecule has 11 amide bonds. The molecule has 1 aromatic rings. The number of amides is 11. The fraction of sp³-hybridized carbons (Fsp3) is 0.622. The highest BCUT2D eigenvalue weighted by Crippen LogP contribution is 2.26. The van der Waals surface area contributed by atoms with Crippen molar-refractivity contribution in [3.63, 3.8) is 0 Å². The van der Waals surface area contributed by atoms with Crippen molar-refractivity contribution in [1.29, 1.82) is 0 Å². The molecule has 14 N–H and O–H groups in total. The van der Waals surface area contributed by atoms with Crippen molar-refractivity contribution in [3.8, 4) is 5.75 Å². The number of nitrogens with one attached hydrogen (secondary N) is 7. The van der Waals surface area contributed by atoms with Gasteiger partial charge >= 0.3 is 0 Å². The Hall–Kier alpha value is -6.11. The maximum Gasteiger partial charge on any atom is 0.246 e. The molecule has 8 atom stereocenters. The molecule has 2 aliphatic rings. The molecular weight excluding hydrogens is 951 g/mol. The zero-order valence-corrected chi connectivity index (χ0v) is 41.5. The molecule has 2 aliphatic heterocycles. The van der Waals surface area contributed by atoms with Gasteiger partial charge in [0.15, 0.2) is 0 Å². The second kappa shape index (κ2) is 29.8. The number of benzene rings is 1. The van der Waals surface area contributed by atoms with Gasteiger partial charge in [0, 0.05) is 37.3 Å². The number of primary amides is 3. The number of phenolic OH excluding ortho intramolecular Hbond substituents is 1. The molecule has 0 spiro atoms. The molecule has 1 unspecified atom stereocenters. The van der Waals surface area contributed by atoms with Crippen molar-refractivity contribution in [3.05, 3.63) is 29.8 Å². The van der Waals surface area contributed by atoms with Crippen LogP contribution in [0, 0.1) is 5.92 Å². The smallest absolute Gasteiger partial charge is 0.246 e. The van der Waals surface area contributed by atoms with Gasteiger partial charge in [0.2, 0.25) is 65.0 Å². The molecule has 2 saturated heterocycles. The lowest BCUT2D eigenvalue weighted by molar-refractivity contribution is -0.142. The number of nitrogens with zero attached hydrogens (tertiary/aromatic N) is 1. The molecule has 3 rings (SSSR count). The average molecular weight is 1020 g/mol. The van der Waals surface area contributed by atoms with Crippen molar-refractivity contribution in [2.75, 3.05) is 24.6 Å². The van der Waals surface area contributed by atoms with Crippen LogP contribution in [0.1, 0.15) is 103 Å². The largest absolute Gasteiger partial charge is 0.508 e. The van der Waals surface area contributed by atoms with Crippen molar-refractivity contribution < 1.29 is 57.8 Å². The van der Waals surface area contributed by atoms with Gasteiger partial charge in [-0.1, -0.05) is 86.6 Å². The highest BCUT2D eigenvalue weighted by molar-refractivity contribution is 8.76. The Balaban J connectivity index is 2.01. The van der Waals surface area contributed by atoms with Gasteiger partial charge in [-0.2, -0.15) is 0 Å². The van der Waals surface area contributed by atoms with E-state index in [1.807, 2.05) is 6.92 Å². The van der Waals surface area contributed by atoms with Crippen LogP contribution in [0.4, 0.5) is 0 Å². The summed E-state index contributed by atoms with van der Waals surface area (Å²) in [6.07, 6.45) is 2.61. The Kier molecular flexibility index (Phi) is 24.8. The Bertz CT molecular complexity index is 2030. The molecule has 2 fully saturated rings. The highest BCUT2D eigenvalue weighted by atomic mass is 33.1. The number of rotatable bonds is 20. The monoisotopic (exact) mass is 1020 g/mol. The van der Waals surface area contributed by atoms with Crippen LogP contribution >= 0.6 is 21.6 Å². The van der Waals surface area contributed by atoms with Gasteiger partial charge in [0.1, 0.15) is 48.0 Å².